The molecule has 4 N–H and O–H groups in total. The predicted molar refractivity (Wildman–Crippen MR) is 86.8 cm³/mol. The first-order chi connectivity index (χ1) is 11.0. The van der Waals surface area contributed by atoms with Crippen LogP contribution < -0.4 is 0 Å². The lowest BCUT2D eigenvalue weighted by atomic mass is 9.99. The van der Waals surface area contributed by atoms with Gasteiger partial charge in [0.15, 0.2) is 6.29 Å². The molecular formula is C14H24O7S2. The smallest absolute Gasteiger partial charge is 0.305 e. The number of aliphatic hydroxyl groups excluding tert-OH is 4. The fourth-order valence-corrected chi connectivity index (χ4v) is 5.55. The molecule has 7 nitrogen and oxygen atoms in total. The summed E-state index contributed by atoms with van der Waals surface area (Å²) >= 11 is 0. The fraction of sp³-hybridized carbons (Fsp3) is 0.929. The zero-order valence-corrected chi connectivity index (χ0v) is 14.4. The maximum Gasteiger partial charge on any atom is 0.305 e. The molecule has 2 fully saturated rings. The Morgan fingerprint density at radius 1 is 1.13 bits per heavy atom. The van der Waals surface area contributed by atoms with E-state index < -0.39 is 36.7 Å². The van der Waals surface area contributed by atoms with Crippen molar-refractivity contribution in [2.24, 2.45) is 0 Å². The van der Waals surface area contributed by atoms with Crippen LogP contribution in [0, 0.1) is 0 Å². The van der Waals surface area contributed by atoms with E-state index in [1.165, 1.54) is 12.2 Å². The monoisotopic (exact) mass is 368 g/mol. The highest BCUT2D eigenvalue weighted by Crippen LogP contribution is 2.39. The number of carbonyl (C=O) groups excluding carboxylic acids is 1. The molecule has 2 aliphatic rings. The van der Waals surface area contributed by atoms with Crippen LogP contribution >= 0.6 is 21.6 Å². The first-order valence-electron chi connectivity index (χ1n) is 7.80. The van der Waals surface area contributed by atoms with Gasteiger partial charge in [0.25, 0.3) is 0 Å². The molecule has 0 aromatic rings. The Balaban J connectivity index is 1.60. The van der Waals surface area contributed by atoms with Gasteiger partial charge in [0, 0.05) is 17.4 Å². The Labute approximate surface area is 143 Å². The largest absolute Gasteiger partial charge is 0.463 e. The van der Waals surface area contributed by atoms with Crippen molar-refractivity contribution in [2.45, 2.75) is 68.1 Å². The van der Waals surface area contributed by atoms with E-state index in [4.69, 9.17) is 9.47 Å². The molecule has 6 atom stereocenters. The minimum atomic E-state index is -1.61. The molecular weight excluding hydrogens is 344 g/mol. The van der Waals surface area contributed by atoms with Crippen molar-refractivity contribution in [1.82, 2.24) is 0 Å². The molecule has 2 saturated heterocycles. The summed E-state index contributed by atoms with van der Waals surface area (Å²) in [7, 11) is 3.82. The summed E-state index contributed by atoms with van der Waals surface area (Å²) in [6.45, 7) is -0.268. The Morgan fingerprint density at radius 3 is 2.61 bits per heavy atom. The van der Waals surface area contributed by atoms with Crippen molar-refractivity contribution >= 4 is 27.6 Å². The Bertz CT molecular complexity index is 378. The van der Waals surface area contributed by atoms with Gasteiger partial charge in [0.05, 0.1) is 0 Å². The molecule has 134 valence electrons. The number of esters is 1. The molecule has 2 aliphatic heterocycles. The van der Waals surface area contributed by atoms with Gasteiger partial charge in [-0.05, 0) is 19.3 Å². The van der Waals surface area contributed by atoms with Gasteiger partial charge < -0.3 is 29.9 Å². The molecule has 23 heavy (non-hydrogen) atoms. The molecule has 2 rings (SSSR count). The first kappa shape index (κ1) is 19.3. The Hall–Kier alpha value is -0.0300. The van der Waals surface area contributed by atoms with Gasteiger partial charge in [-0.2, -0.15) is 0 Å². The van der Waals surface area contributed by atoms with Gasteiger partial charge >= 0.3 is 5.97 Å². The van der Waals surface area contributed by atoms with Gasteiger partial charge in [0.1, 0.15) is 31.0 Å². The van der Waals surface area contributed by atoms with Gasteiger partial charge in [-0.15, -0.1) is 0 Å². The quantitative estimate of drug-likeness (QED) is 0.281. The van der Waals surface area contributed by atoms with E-state index in [1.807, 2.05) is 21.6 Å². The highest BCUT2D eigenvalue weighted by Gasteiger charge is 2.43. The SMILES string of the molecule is O=C(CCCCC1CCSS1)OC[C@H]1O[C@@H](O)[C@H](O)[C@@H](O)[C@@H]1O. The summed E-state index contributed by atoms with van der Waals surface area (Å²) in [5.41, 5.74) is 0. The lowest BCUT2D eigenvalue weighted by Gasteiger charge is -2.37. The predicted octanol–water partition coefficient (Wildman–Crippen LogP) is 0.0436. The third-order valence-electron chi connectivity index (χ3n) is 3.98. The second-order valence-electron chi connectivity index (χ2n) is 5.79. The van der Waals surface area contributed by atoms with Gasteiger partial charge in [0.2, 0.25) is 0 Å². The fourth-order valence-electron chi connectivity index (χ4n) is 2.52. The van der Waals surface area contributed by atoms with Crippen LogP contribution in [0.4, 0.5) is 0 Å². The molecule has 0 saturated carbocycles. The van der Waals surface area contributed by atoms with Crippen molar-refractivity contribution in [3.8, 4) is 0 Å². The molecule has 0 spiro atoms. The number of hydrogen-bond donors (Lipinski definition) is 4. The number of hydrogen-bond acceptors (Lipinski definition) is 9. The summed E-state index contributed by atoms with van der Waals surface area (Å²) in [4.78, 5) is 11.7. The highest BCUT2D eigenvalue weighted by atomic mass is 33.1. The van der Waals surface area contributed by atoms with E-state index in [2.05, 4.69) is 0 Å². The molecule has 1 unspecified atom stereocenters. The van der Waals surface area contributed by atoms with Crippen molar-refractivity contribution in [2.75, 3.05) is 12.4 Å². The summed E-state index contributed by atoms with van der Waals surface area (Å²) in [5.74, 6) is 0.803. The molecule has 0 amide bonds. The van der Waals surface area contributed by atoms with Crippen LogP contribution in [0.25, 0.3) is 0 Å². The second-order valence-corrected chi connectivity index (χ2v) is 8.58. The molecule has 0 aliphatic carbocycles. The molecule has 2 heterocycles. The Morgan fingerprint density at radius 2 is 1.91 bits per heavy atom. The molecule has 0 bridgehead atoms. The van der Waals surface area contributed by atoms with Crippen molar-refractivity contribution in [3.63, 3.8) is 0 Å². The average Bonchev–Trinajstić information content (AvgIpc) is 3.05. The van der Waals surface area contributed by atoms with Gasteiger partial charge in [-0.3, -0.25) is 4.79 Å². The number of rotatable bonds is 7. The second kappa shape index (κ2) is 9.45. The van der Waals surface area contributed by atoms with E-state index in [9.17, 15) is 25.2 Å². The van der Waals surface area contributed by atoms with Gasteiger partial charge in [-0.25, -0.2) is 0 Å². The highest BCUT2D eigenvalue weighted by molar-refractivity contribution is 8.77. The zero-order valence-electron chi connectivity index (χ0n) is 12.7. The van der Waals surface area contributed by atoms with Crippen LogP contribution in [0.2, 0.25) is 0 Å². The summed E-state index contributed by atoms with van der Waals surface area (Å²) in [6, 6.07) is 0. The standard InChI is InChI=1S/C14H24O7S2/c15-10(4-2-1-3-8-5-6-22-23-8)20-7-9-11(16)12(17)13(18)14(19)21-9/h8-9,11-14,16-19H,1-7H2/t8?,9-,11-,12+,13-,14-/m1/s1. The van der Waals surface area contributed by atoms with E-state index >= 15 is 0 Å². The van der Waals surface area contributed by atoms with Crippen LogP contribution in [-0.2, 0) is 14.3 Å². The molecule has 0 aromatic carbocycles. The summed E-state index contributed by atoms with van der Waals surface area (Å²) in [5, 5.41) is 38.7. The van der Waals surface area contributed by atoms with Crippen LogP contribution in [0.15, 0.2) is 0 Å². The van der Waals surface area contributed by atoms with Crippen LogP contribution in [0.1, 0.15) is 32.1 Å². The average molecular weight is 368 g/mol. The van der Waals surface area contributed by atoms with E-state index in [0.29, 0.717) is 11.7 Å². The topological polar surface area (TPSA) is 116 Å². The Kier molecular flexibility index (Phi) is 7.93. The van der Waals surface area contributed by atoms with Crippen molar-refractivity contribution in [1.29, 1.82) is 0 Å². The minimum absolute atomic E-state index is 0.268. The third kappa shape index (κ3) is 5.77. The maximum absolute atomic E-state index is 11.7. The summed E-state index contributed by atoms with van der Waals surface area (Å²) < 4.78 is 9.96. The minimum Gasteiger partial charge on any atom is -0.463 e. The van der Waals surface area contributed by atoms with E-state index in [-0.39, 0.29) is 6.61 Å². The van der Waals surface area contributed by atoms with Crippen LogP contribution in [-0.4, -0.2) is 74.7 Å². The van der Waals surface area contributed by atoms with Crippen molar-refractivity contribution < 1.29 is 34.7 Å². The van der Waals surface area contributed by atoms with Crippen LogP contribution in [0.3, 0.4) is 0 Å². The number of unbranched alkanes of at least 4 members (excludes halogenated alkanes) is 1. The zero-order chi connectivity index (χ0) is 16.8. The normalized spacial score (nSPS) is 37.7. The first-order valence-corrected chi connectivity index (χ1v) is 10.2. The van der Waals surface area contributed by atoms with E-state index in [1.54, 1.807) is 0 Å². The molecule has 0 radical (unpaired) electrons. The number of ether oxygens (including phenoxy) is 2. The van der Waals surface area contributed by atoms with Gasteiger partial charge in [-0.1, -0.05) is 28.0 Å². The third-order valence-corrected chi connectivity index (χ3v) is 6.99. The maximum atomic E-state index is 11.7. The number of carbonyl (C=O) groups is 1. The van der Waals surface area contributed by atoms with Crippen LogP contribution in [0.5, 0.6) is 0 Å². The molecule has 9 heteroatoms. The lowest BCUT2D eigenvalue weighted by Crippen LogP contribution is -2.58. The van der Waals surface area contributed by atoms with E-state index in [0.717, 1.165) is 19.3 Å². The lowest BCUT2D eigenvalue weighted by molar-refractivity contribution is -0.287. The number of aliphatic hydroxyl groups is 4. The summed E-state index contributed by atoms with van der Waals surface area (Å²) in [6.07, 6.45) is -2.86. The molecule has 0 aromatic heterocycles. The van der Waals surface area contributed by atoms with Crippen molar-refractivity contribution in [3.05, 3.63) is 0 Å².